The van der Waals surface area contributed by atoms with E-state index in [-0.39, 0.29) is 71.6 Å². The zero-order valence-corrected chi connectivity index (χ0v) is 42.6. The highest BCUT2D eigenvalue weighted by atomic mass is 32.2. The Hall–Kier alpha value is -5.67. The maximum absolute atomic E-state index is 15.2. The van der Waals surface area contributed by atoms with E-state index in [9.17, 15) is 44.1 Å². The maximum atomic E-state index is 15.2. The van der Waals surface area contributed by atoms with E-state index in [0.29, 0.717) is 0 Å². The molecule has 2 saturated carbocycles. The number of amides is 3. The summed E-state index contributed by atoms with van der Waals surface area (Å²) in [5, 5.41) is 40.9. The summed E-state index contributed by atoms with van der Waals surface area (Å²) in [6.45, 7) is 13.2. The molecule has 12 atom stereocenters. The summed E-state index contributed by atoms with van der Waals surface area (Å²) in [6, 6.07) is 14.3. The number of aliphatic hydroxyl groups excluding tert-OH is 2. The van der Waals surface area contributed by atoms with E-state index in [1.807, 2.05) is 0 Å². The molecule has 2 saturated heterocycles. The fourth-order valence-corrected chi connectivity index (χ4v) is 11.9. The lowest BCUT2D eigenvalue weighted by Gasteiger charge is -2.67. The number of hydrogen-bond donors (Lipinski definition) is 4. The van der Waals surface area contributed by atoms with Crippen molar-refractivity contribution in [3.63, 3.8) is 0 Å². The second-order valence-electron chi connectivity index (χ2n) is 21.1. The van der Waals surface area contributed by atoms with Gasteiger partial charge in [0, 0.05) is 49.8 Å². The zero-order chi connectivity index (χ0) is 52.9. The van der Waals surface area contributed by atoms with Crippen molar-refractivity contribution >= 4 is 59.3 Å². The molecular formula is C52H64N2O17S. The molecule has 2 aromatic rings. The number of thioether (sulfide) groups is 1. The van der Waals surface area contributed by atoms with Crippen LogP contribution in [0.15, 0.2) is 71.8 Å². The fraction of sp³-hybridized carbons (Fsp3) is 0.577. The number of fused-ring (bicyclic) bond motifs is 5. The fourth-order valence-electron chi connectivity index (χ4n) is 11.2. The van der Waals surface area contributed by atoms with Gasteiger partial charge in [-0.3, -0.25) is 28.9 Å². The van der Waals surface area contributed by atoms with E-state index in [1.54, 1.807) is 76.2 Å². The molecule has 72 heavy (non-hydrogen) atoms. The number of nitrogens with one attached hydrogen (secondary N) is 1. The van der Waals surface area contributed by atoms with Crippen LogP contribution in [-0.2, 0) is 57.2 Å². The summed E-state index contributed by atoms with van der Waals surface area (Å²) in [5.41, 5.74) is -8.80. The summed E-state index contributed by atoms with van der Waals surface area (Å²) in [6.07, 6.45) is -12.0. The van der Waals surface area contributed by atoms with Gasteiger partial charge in [0.05, 0.1) is 35.4 Å². The third-order valence-corrected chi connectivity index (χ3v) is 15.9. The van der Waals surface area contributed by atoms with Crippen molar-refractivity contribution < 1.29 is 82.1 Å². The molecule has 2 aliphatic heterocycles. The lowest BCUT2D eigenvalue weighted by molar-refractivity contribution is -0.346. The van der Waals surface area contributed by atoms with Gasteiger partial charge in [-0.2, -0.15) is 0 Å². The topological polar surface area (TPSA) is 268 Å². The Morgan fingerprint density at radius 1 is 0.958 bits per heavy atom. The van der Waals surface area contributed by atoms with Crippen LogP contribution in [0.2, 0.25) is 0 Å². The molecule has 3 amide bonds. The van der Waals surface area contributed by atoms with Crippen molar-refractivity contribution in [2.24, 2.45) is 22.7 Å². The molecular weight excluding hydrogens is 957 g/mol. The number of esters is 4. The molecule has 4 N–H and O–H groups in total. The number of ketones is 1. The molecule has 2 bridgehead atoms. The van der Waals surface area contributed by atoms with Gasteiger partial charge >= 0.3 is 30.0 Å². The predicted molar refractivity (Wildman–Crippen MR) is 255 cm³/mol. The number of benzene rings is 2. The van der Waals surface area contributed by atoms with E-state index in [0.717, 1.165) is 23.6 Å². The number of rotatable bonds is 14. The van der Waals surface area contributed by atoms with Crippen molar-refractivity contribution in [2.75, 3.05) is 24.7 Å². The standard InChI is InChI=1S/C52H64N2O17S/c1-27-22-35(57)54(44(27)61)20-21-72-25-36(58)68-40(38(30-16-12-10-13-17-30)53-47(64)71-48(4,5)6)46(63)67-32-24-52(65)43(69-45(62)31-18-14-11-15-19-31)41-50(9,42(60)39(59)37(28(32)2)49(52,7)8)33(56)23-34-51(41,26-66-34)70-29(3)55/h10-19,27,32-34,38-41,43,56,59,65H,20-26H2,1-9H3,(H,53,64)/t27?,32?,33-,34+,38?,39+,40?,41?,43?,50+,51-,52+/m0/s1. The molecule has 19 nitrogen and oxygen atoms in total. The average molecular weight is 1020 g/mol. The summed E-state index contributed by atoms with van der Waals surface area (Å²) in [4.78, 5) is 111. The molecule has 3 aliphatic carbocycles. The van der Waals surface area contributed by atoms with Gasteiger partial charge in [-0.25, -0.2) is 14.4 Å². The minimum atomic E-state index is -2.46. The molecule has 0 aromatic heterocycles. The largest absolute Gasteiger partial charge is 0.455 e. The number of hydrogen-bond acceptors (Lipinski definition) is 18. The number of carbonyl (C=O) groups is 8. The molecule has 2 heterocycles. The molecule has 2 aromatic carbocycles. The van der Waals surface area contributed by atoms with Crippen LogP contribution in [0, 0.1) is 22.7 Å². The minimum absolute atomic E-state index is 0.0256. The highest BCUT2D eigenvalue weighted by molar-refractivity contribution is 7.99. The third-order valence-electron chi connectivity index (χ3n) is 15.0. The Morgan fingerprint density at radius 2 is 1.60 bits per heavy atom. The Bertz CT molecular complexity index is 2510. The Kier molecular flexibility index (Phi) is 15.3. The van der Waals surface area contributed by atoms with Crippen LogP contribution in [0.5, 0.6) is 0 Å². The number of Topliss-reactive ketones (excluding diaryl/α,β-unsaturated/α-hetero) is 1. The number of nitrogens with zero attached hydrogens (tertiary/aromatic N) is 1. The first-order valence-corrected chi connectivity index (χ1v) is 25.1. The first-order chi connectivity index (χ1) is 33.7. The van der Waals surface area contributed by atoms with Gasteiger partial charge in [-0.15, -0.1) is 11.8 Å². The second kappa shape index (κ2) is 20.3. The number of ether oxygens (including phenoxy) is 6. The van der Waals surface area contributed by atoms with Crippen molar-refractivity contribution in [3.05, 3.63) is 82.9 Å². The molecule has 0 spiro atoms. The van der Waals surface area contributed by atoms with Crippen LogP contribution < -0.4 is 5.32 Å². The predicted octanol–water partition coefficient (Wildman–Crippen LogP) is 3.94. The first-order valence-electron chi connectivity index (χ1n) is 24.0. The van der Waals surface area contributed by atoms with Gasteiger partial charge in [0.1, 0.15) is 41.7 Å². The molecule has 20 heteroatoms. The first kappa shape index (κ1) is 54.1. The van der Waals surface area contributed by atoms with Crippen molar-refractivity contribution in [3.8, 4) is 0 Å². The minimum Gasteiger partial charge on any atom is -0.455 e. The Labute approximate surface area is 421 Å². The van der Waals surface area contributed by atoms with Crippen molar-refractivity contribution in [2.45, 2.75) is 141 Å². The molecule has 4 fully saturated rings. The van der Waals surface area contributed by atoms with Gasteiger partial charge in [-0.1, -0.05) is 69.3 Å². The SMILES string of the molecule is CC(=O)O[C@@]12CO[C@@H]1C[C@H](O)[C@@]1(C)C(=O)[C@H](O)C3=C(C)C(OC(=O)C(OC(=O)CSCCN4C(=O)CC(C)C4=O)C(NC(=O)OC(C)(C)C)c4ccccc4)C[C@@](O)(C(OC(=O)c4ccccc4)C12)C3(C)C. The lowest BCUT2D eigenvalue weighted by atomic mass is 9.44. The van der Waals surface area contributed by atoms with Crippen LogP contribution in [0.1, 0.15) is 104 Å². The Morgan fingerprint density at radius 3 is 2.17 bits per heavy atom. The maximum Gasteiger partial charge on any atom is 0.408 e. The van der Waals surface area contributed by atoms with Crippen LogP contribution in [-0.4, -0.2) is 146 Å². The molecule has 390 valence electrons. The van der Waals surface area contributed by atoms with Gasteiger partial charge in [-0.05, 0) is 63.5 Å². The van der Waals surface area contributed by atoms with Crippen molar-refractivity contribution in [1.29, 1.82) is 0 Å². The van der Waals surface area contributed by atoms with Crippen LogP contribution in [0.4, 0.5) is 4.79 Å². The number of likely N-dealkylation sites (tertiary alicyclic amines) is 1. The number of alkyl carbamates (subject to hydrolysis) is 1. The lowest BCUT2D eigenvalue weighted by Crippen LogP contribution is -2.81. The summed E-state index contributed by atoms with van der Waals surface area (Å²) >= 11 is 1.02. The van der Waals surface area contributed by atoms with Crippen LogP contribution >= 0.6 is 11.8 Å². The third kappa shape index (κ3) is 9.91. The van der Waals surface area contributed by atoms with E-state index in [4.69, 9.17) is 28.4 Å². The van der Waals surface area contributed by atoms with Crippen LogP contribution in [0.25, 0.3) is 0 Å². The van der Waals surface area contributed by atoms with E-state index < -0.39 is 124 Å². The second-order valence-corrected chi connectivity index (χ2v) is 22.2. The Balaban J connectivity index is 1.31. The van der Waals surface area contributed by atoms with Gasteiger partial charge < -0.3 is 49.1 Å². The van der Waals surface area contributed by atoms with Gasteiger partial charge in [0.15, 0.2) is 11.4 Å². The van der Waals surface area contributed by atoms with E-state index >= 15 is 9.59 Å². The van der Waals surface area contributed by atoms with E-state index in [2.05, 4.69) is 5.32 Å². The average Bonchev–Trinajstić information content (AvgIpc) is 3.55. The zero-order valence-electron chi connectivity index (χ0n) is 41.8. The molecule has 6 unspecified atom stereocenters. The van der Waals surface area contributed by atoms with Gasteiger partial charge in [0.2, 0.25) is 17.9 Å². The highest BCUT2D eigenvalue weighted by Crippen LogP contribution is 2.64. The quantitative estimate of drug-likeness (QED) is 0.0686. The molecule has 5 aliphatic rings. The molecule has 7 rings (SSSR count). The smallest absolute Gasteiger partial charge is 0.408 e. The van der Waals surface area contributed by atoms with Gasteiger partial charge in [0.25, 0.3) is 0 Å². The summed E-state index contributed by atoms with van der Waals surface area (Å²) < 4.78 is 36.1. The number of aliphatic hydroxyl groups is 3. The summed E-state index contributed by atoms with van der Waals surface area (Å²) in [5.74, 6) is -7.89. The number of carbonyl (C=O) groups excluding carboxylic acids is 8. The summed E-state index contributed by atoms with van der Waals surface area (Å²) in [7, 11) is 0. The number of imide groups is 1. The highest BCUT2D eigenvalue weighted by Gasteiger charge is 2.78. The van der Waals surface area contributed by atoms with Crippen LogP contribution in [0.3, 0.4) is 0 Å². The van der Waals surface area contributed by atoms with E-state index in [1.165, 1.54) is 39.8 Å². The monoisotopic (exact) mass is 1020 g/mol. The normalized spacial score (nSPS) is 31.6. The molecule has 0 radical (unpaired) electrons. The van der Waals surface area contributed by atoms with Crippen molar-refractivity contribution in [1.82, 2.24) is 10.2 Å².